The number of benzene rings is 2. The first-order valence-corrected chi connectivity index (χ1v) is 6.64. The number of hydrogen-bond acceptors (Lipinski definition) is 5. The SMILES string of the molecule is N[C@@H](c1ccccc1)c1nc(COc2ccccc2)no1. The van der Waals surface area contributed by atoms with Crippen molar-refractivity contribution in [3.05, 3.63) is 77.9 Å². The van der Waals surface area contributed by atoms with Crippen LogP contribution in [0.4, 0.5) is 0 Å². The molecule has 21 heavy (non-hydrogen) atoms. The molecule has 0 saturated heterocycles. The Kier molecular flexibility index (Phi) is 3.93. The maximum atomic E-state index is 6.10. The summed E-state index contributed by atoms with van der Waals surface area (Å²) in [5.41, 5.74) is 7.03. The highest BCUT2D eigenvalue weighted by Gasteiger charge is 2.16. The van der Waals surface area contributed by atoms with Crippen molar-refractivity contribution in [3.63, 3.8) is 0 Å². The van der Waals surface area contributed by atoms with Gasteiger partial charge in [-0.15, -0.1) is 0 Å². The number of nitrogens with two attached hydrogens (primary N) is 1. The minimum Gasteiger partial charge on any atom is -0.485 e. The van der Waals surface area contributed by atoms with E-state index in [2.05, 4.69) is 10.1 Å². The molecule has 0 spiro atoms. The molecule has 1 aromatic heterocycles. The number of aromatic nitrogens is 2. The summed E-state index contributed by atoms with van der Waals surface area (Å²) in [6, 6.07) is 18.7. The van der Waals surface area contributed by atoms with Crippen molar-refractivity contribution in [1.29, 1.82) is 0 Å². The lowest BCUT2D eigenvalue weighted by Gasteiger charge is -2.05. The highest BCUT2D eigenvalue weighted by atomic mass is 16.5. The maximum absolute atomic E-state index is 6.10. The predicted octanol–water partition coefficient (Wildman–Crippen LogP) is 2.70. The van der Waals surface area contributed by atoms with Gasteiger partial charge in [0.15, 0.2) is 6.61 Å². The van der Waals surface area contributed by atoms with Crippen molar-refractivity contribution >= 4 is 0 Å². The van der Waals surface area contributed by atoms with Crippen LogP contribution in [0.25, 0.3) is 0 Å². The molecule has 0 fully saturated rings. The van der Waals surface area contributed by atoms with Crippen molar-refractivity contribution in [3.8, 4) is 5.75 Å². The Morgan fingerprint density at radius 3 is 2.38 bits per heavy atom. The molecule has 2 N–H and O–H groups in total. The predicted molar refractivity (Wildman–Crippen MR) is 77.5 cm³/mol. The molecular formula is C16H15N3O2. The number of rotatable bonds is 5. The quantitative estimate of drug-likeness (QED) is 0.778. The van der Waals surface area contributed by atoms with Gasteiger partial charge in [-0.1, -0.05) is 53.7 Å². The van der Waals surface area contributed by atoms with Crippen LogP contribution in [-0.4, -0.2) is 10.1 Å². The third-order valence-electron chi connectivity index (χ3n) is 3.02. The second-order valence-electron chi connectivity index (χ2n) is 4.54. The van der Waals surface area contributed by atoms with Gasteiger partial charge in [-0.05, 0) is 17.7 Å². The summed E-state index contributed by atoms with van der Waals surface area (Å²) in [6.45, 7) is 0.245. The number of nitrogens with zero attached hydrogens (tertiary/aromatic N) is 2. The normalized spacial score (nSPS) is 12.0. The fraction of sp³-hybridized carbons (Fsp3) is 0.125. The molecule has 0 aliphatic heterocycles. The molecule has 1 heterocycles. The fourth-order valence-electron chi connectivity index (χ4n) is 1.92. The molecule has 0 unspecified atom stereocenters. The van der Waals surface area contributed by atoms with Crippen molar-refractivity contribution in [2.24, 2.45) is 5.73 Å². The van der Waals surface area contributed by atoms with Crippen LogP contribution in [0.5, 0.6) is 5.75 Å². The molecule has 0 amide bonds. The van der Waals surface area contributed by atoms with E-state index in [1.165, 1.54) is 0 Å². The van der Waals surface area contributed by atoms with E-state index in [4.69, 9.17) is 15.0 Å². The van der Waals surface area contributed by atoms with E-state index < -0.39 is 6.04 Å². The van der Waals surface area contributed by atoms with Crippen molar-refractivity contribution in [2.45, 2.75) is 12.6 Å². The first-order chi connectivity index (χ1) is 10.3. The molecule has 0 aliphatic rings. The van der Waals surface area contributed by atoms with Gasteiger partial charge >= 0.3 is 0 Å². The monoisotopic (exact) mass is 281 g/mol. The third-order valence-corrected chi connectivity index (χ3v) is 3.02. The lowest BCUT2D eigenvalue weighted by molar-refractivity contribution is 0.284. The summed E-state index contributed by atoms with van der Waals surface area (Å²) in [4.78, 5) is 4.27. The van der Waals surface area contributed by atoms with Crippen molar-refractivity contribution in [1.82, 2.24) is 10.1 Å². The second-order valence-corrected chi connectivity index (χ2v) is 4.54. The molecule has 0 bridgehead atoms. The first kappa shape index (κ1) is 13.3. The summed E-state index contributed by atoms with van der Waals surface area (Å²) < 4.78 is 10.8. The molecule has 0 aliphatic carbocycles. The van der Waals surface area contributed by atoms with E-state index in [1.807, 2.05) is 60.7 Å². The van der Waals surface area contributed by atoms with Crippen LogP contribution in [0, 0.1) is 0 Å². The summed E-state index contributed by atoms with van der Waals surface area (Å²) in [7, 11) is 0. The Morgan fingerprint density at radius 1 is 1.00 bits per heavy atom. The van der Waals surface area contributed by atoms with Crippen LogP contribution < -0.4 is 10.5 Å². The Bertz CT molecular complexity index is 683. The lowest BCUT2D eigenvalue weighted by Crippen LogP contribution is -2.12. The van der Waals surface area contributed by atoms with Crippen LogP contribution >= 0.6 is 0 Å². The van der Waals surface area contributed by atoms with Gasteiger partial charge in [0.05, 0.1) is 0 Å². The van der Waals surface area contributed by atoms with Crippen LogP contribution in [0.15, 0.2) is 65.2 Å². The summed E-state index contributed by atoms with van der Waals surface area (Å²) in [5.74, 6) is 1.62. The molecule has 5 nitrogen and oxygen atoms in total. The lowest BCUT2D eigenvalue weighted by atomic mass is 10.1. The average molecular weight is 281 g/mol. The second kappa shape index (κ2) is 6.19. The van der Waals surface area contributed by atoms with E-state index in [0.717, 1.165) is 11.3 Å². The zero-order valence-corrected chi connectivity index (χ0v) is 11.3. The van der Waals surface area contributed by atoms with Crippen LogP contribution in [0.2, 0.25) is 0 Å². The first-order valence-electron chi connectivity index (χ1n) is 6.64. The van der Waals surface area contributed by atoms with Gasteiger partial charge in [-0.3, -0.25) is 0 Å². The zero-order valence-electron chi connectivity index (χ0n) is 11.3. The van der Waals surface area contributed by atoms with E-state index in [-0.39, 0.29) is 6.61 Å². The molecule has 3 aromatic rings. The molecule has 5 heteroatoms. The number of hydrogen-bond donors (Lipinski definition) is 1. The largest absolute Gasteiger partial charge is 0.485 e. The molecule has 106 valence electrons. The maximum Gasteiger partial charge on any atom is 0.248 e. The van der Waals surface area contributed by atoms with Crippen LogP contribution in [0.3, 0.4) is 0 Å². The highest BCUT2D eigenvalue weighted by molar-refractivity contribution is 5.23. The number of ether oxygens (including phenoxy) is 1. The molecular weight excluding hydrogens is 266 g/mol. The summed E-state index contributed by atoms with van der Waals surface area (Å²) >= 11 is 0. The standard InChI is InChI=1S/C16H15N3O2/c17-15(12-7-3-1-4-8-12)16-18-14(19-21-16)11-20-13-9-5-2-6-10-13/h1-10,15H,11,17H2/t15-/m0/s1. The van der Waals surface area contributed by atoms with Gasteiger partial charge in [0, 0.05) is 0 Å². The molecule has 0 saturated carbocycles. The van der Waals surface area contributed by atoms with E-state index in [1.54, 1.807) is 0 Å². The van der Waals surface area contributed by atoms with Gasteiger partial charge in [0.1, 0.15) is 11.8 Å². The zero-order chi connectivity index (χ0) is 14.5. The Labute approximate surface area is 122 Å². The minimum atomic E-state index is -0.427. The van der Waals surface area contributed by atoms with E-state index in [9.17, 15) is 0 Å². The number of para-hydroxylation sites is 1. The Morgan fingerprint density at radius 2 is 1.67 bits per heavy atom. The molecule has 2 aromatic carbocycles. The van der Waals surface area contributed by atoms with Crippen molar-refractivity contribution < 1.29 is 9.26 Å². The molecule has 1 atom stereocenters. The Balaban J connectivity index is 1.66. The van der Waals surface area contributed by atoms with Crippen LogP contribution in [0.1, 0.15) is 23.3 Å². The minimum absolute atomic E-state index is 0.245. The fourth-order valence-corrected chi connectivity index (χ4v) is 1.92. The van der Waals surface area contributed by atoms with Gasteiger partial charge in [0.2, 0.25) is 11.7 Å². The van der Waals surface area contributed by atoms with Gasteiger partial charge in [0.25, 0.3) is 0 Å². The van der Waals surface area contributed by atoms with Gasteiger partial charge in [-0.25, -0.2) is 0 Å². The smallest absolute Gasteiger partial charge is 0.248 e. The average Bonchev–Trinajstić information content (AvgIpc) is 3.03. The van der Waals surface area contributed by atoms with E-state index in [0.29, 0.717) is 11.7 Å². The van der Waals surface area contributed by atoms with E-state index >= 15 is 0 Å². The summed E-state index contributed by atoms with van der Waals surface area (Å²) in [5, 5.41) is 3.89. The highest BCUT2D eigenvalue weighted by Crippen LogP contribution is 2.18. The van der Waals surface area contributed by atoms with Crippen LogP contribution in [-0.2, 0) is 6.61 Å². The molecule has 0 radical (unpaired) electrons. The topological polar surface area (TPSA) is 74.2 Å². The Hall–Kier alpha value is -2.66. The van der Waals surface area contributed by atoms with Gasteiger partial charge in [-0.2, -0.15) is 4.98 Å². The molecule has 3 rings (SSSR count). The van der Waals surface area contributed by atoms with Gasteiger partial charge < -0.3 is 15.0 Å². The third kappa shape index (κ3) is 3.27. The summed E-state index contributed by atoms with van der Waals surface area (Å²) in [6.07, 6.45) is 0. The van der Waals surface area contributed by atoms with Crippen molar-refractivity contribution in [2.75, 3.05) is 0 Å².